The Morgan fingerprint density at radius 1 is 1.27 bits per heavy atom. The molecule has 1 rings (SSSR count). The van der Waals surface area contributed by atoms with Crippen LogP contribution in [0.1, 0.15) is 20.8 Å². The maximum absolute atomic E-state index is 11.7. The summed E-state index contributed by atoms with van der Waals surface area (Å²) < 4.78 is 0. The normalized spacial score (nSPS) is 18.3. The van der Waals surface area contributed by atoms with Gasteiger partial charge in [0.05, 0.1) is 0 Å². The number of urea groups is 1. The minimum absolute atomic E-state index is 0.0967. The molecule has 15 heavy (non-hydrogen) atoms. The highest BCUT2D eigenvalue weighted by Gasteiger charge is 2.19. The van der Waals surface area contributed by atoms with Crippen LogP contribution in [0.3, 0.4) is 0 Å². The molecule has 0 aromatic rings. The second kappa shape index (κ2) is 5.95. The number of likely N-dealkylation sites (N-methyl/N-ethyl adjacent to an activating group) is 1. The number of carbonyl (C=O) groups excluding carboxylic acids is 1. The molecule has 1 heterocycles. The second-order valence-corrected chi connectivity index (χ2v) is 4.50. The number of amides is 2. The quantitative estimate of drug-likeness (QED) is 0.759. The number of nitrogens with zero attached hydrogens (tertiary/aromatic N) is 2. The van der Waals surface area contributed by atoms with Crippen LogP contribution in [0, 0.1) is 5.92 Å². The molecule has 4 nitrogen and oxygen atoms in total. The van der Waals surface area contributed by atoms with Crippen molar-refractivity contribution in [3.05, 3.63) is 0 Å². The number of hydrogen-bond acceptors (Lipinski definition) is 2. The van der Waals surface area contributed by atoms with E-state index in [2.05, 4.69) is 31.0 Å². The van der Waals surface area contributed by atoms with E-state index < -0.39 is 0 Å². The molecule has 88 valence electrons. The molecule has 0 unspecified atom stereocenters. The number of piperazine rings is 1. The molecule has 1 saturated heterocycles. The van der Waals surface area contributed by atoms with Gasteiger partial charge >= 0.3 is 6.03 Å². The highest BCUT2D eigenvalue weighted by molar-refractivity contribution is 5.74. The van der Waals surface area contributed by atoms with Crippen LogP contribution in [0.2, 0.25) is 0 Å². The summed E-state index contributed by atoms with van der Waals surface area (Å²) in [6, 6.07) is 0.0967. The zero-order valence-electron chi connectivity index (χ0n) is 10.1. The number of rotatable bonds is 3. The first-order valence-electron chi connectivity index (χ1n) is 5.88. The molecule has 1 aliphatic heterocycles. The Kier molecular flexibility index (Phi) is 4.88. The van der Waals surface area contributed by atoms with E-state index in [1.165, 1.54) is 0 Å². The van der Waals surface area contributed by atoms with Crippen molar-refractivity contribution >= 4 is 6.03 Å². The van der Waals surface area contributed by atoms with Gasteiger partial charge in [0.1, 0.15) is 0 Å². The molecule has 0 saturated carbocycles. The molecule has 0 aromatic heterocycles. The second-order valence-electron chi connectivity index (χ2n) is 4.50. The van der Waals surface area contributed by atoms with Crippen molar-refractivity contribution in [2.24, 2.45) is 5.92 Å². The summed E-state index contributed by atoms with van der Waals surface area (Å²) in [6.45, 7) is 12.0. The summed E-state index contributed by atoms with van der Waals surface area (Å²) in [7, 11) is 0. The van der Waals surface area contributed by atoms with E-state index in [0.29, 0.717) is 5.92 Å². The molecule has 0 aliphatic carbocycles. The Labute approximate surface area is 92.6 Å². The van der Waals surface area contributed by atoms with Gasteiger partial charge in [-0.15, -0.1) is 0 Å². The van der Waals surface area contributed by atoms with Crippen LogP contribution >= 0.6 is 0 Å². The predicted octanol–water partition coefficient (Wildman–Crippen LogP) is 0.989. The predicted molar refractivity (Wildman–Crippen MR) is 61.9 cm³/mol. The topological polar surface area (TPSA) is 35.6 Å². The minimum Gasteiger partial charge on any atom is -0.338 e. The lowest BCUT2D eigenvalue weighted by molar-refractivity contribution is 0.142. The molecule has 1 aliphatic rings. The summed E-state index contributed by atoms with van der Waals surface area (Å²) in [5.41, 5.74) is 0. The van der Waals surface area contributed by atoms with Gasteiger partial charge in [-0.25, -0.2) is 4.79 Å². The van der Waals surface area contributed by atoms with Gasteiger partial charge in [0.2, 0.25) is 0 Å². The van der Waals surface area contributed by atoms with Crippen molar-refractivity contribution in [2.75, 3.05) is 39.3 Å². The SMILES string of the molecule is CCN1CCN(C(=O)NCC(C)C)CC1. The molecule has 0 atom stereocenters. The van der Waals surface area contributed by atoms with Gasteiger partial charge in [-0.05, 0) is 12.5 Å². The maximum atomic E-state index is 11.7. The fourth-order valence-electron chi connectivity index (χ4n) is 1.67. The average Bonchev–Trinajstić information content (AvgIpc) is 2.26. The molecule has 0 spiro atoms. The molecular weight excluding hydrogens is 190 g/mol. The molecular formula is C11H23N3O. The van der Waals surface area contributed by atoms with E-state index in [4.69, 9.17) is 0 Å². The Hall–Kier alpha value is -0.770. The molecule has 1 N–H and O–H groups in total. The molecule has 0 bridgehead atoms. The monoisotopic (exact) mass is 213 g/mol. The first-order valence-corrected chi connectivity index (χ1v) is 5.88. The highest BCUT2D eigenvalue weighted by Crippen LogP contribution is 2.01. The van der Waals surface area contributed by atoms with E-state index in [1.807, 2.05) is 4.90 Å². The van der Waals surface area contributed by atoms with Crippen LogP contribution < -0.4 is 5.32 Å². The third-order valence-corrected chi connectivity index (χ3v) is 2.77. The van der Waals surface area contributed by atoms with Gasteiger partial charge in [-0.2, -0.15) is 0 Å². The molecule has 0 aromatic carbocycles. The van der Waals surface area contributed by atoms with Crippen LogP contribution in [-0.4, -0.2) is 55.1 Å². The Morgan fingerprint density at radius 2 is 1.87 bits per heavy atom. The molecule has 2 amide bonds. The van der Waals surface area contributed by atoms with E-state index >= 15 is 0 Å². The number of nitrogens with one attached hydrogen (secondary N) is 1. The van der Waals surface area contributed by atoms with E-state index in [-0.39, 0.29) is 6.03 Å². The lowest BCUT2D eigenvalue weighted by atomic mass is 10.2. The summed E-state index contributed by atoms with van der Waals surface area (Å²) in [5.74, 6) is 0.519. The summed E-state index contributed by atoms with van der Waals surface area (Å²) in [6.07, 6.45) is 0. The lowest BCUT2D eigenvalue weighted by Crippen LogP contribution is -2.52. The summed E-state index contributed by atoms with van der Waals surface area (Å²) in [5, 5.41) is 2.95. The van der Waals surface area contributed by atoms with Crippen molar-refractivity contribution in [3.8, 4) is 0 Å². The van der Waals surface area contributed by atoms with Crippen molar-refractivity contribution < 1.29 is 4.79 Å². The molecule has 0 radical (unpaired) electrons. The average molecular weight is 213 g/mol. The molecule has 1 fully saturated rings. The Morgan fingerprint density at radius 3 is 2.33 bits per heavy atom. The summed E-state index contributed by atoms with van der Waals surface area (Å²) >= 11 is 0. The Bertz CT molecular complexity index is 198. The summed E-state index contributed by atoms with van der Waals surface area (Å²) in [4.78, 5) is 16.0. The van der Waals surface area contributed by atoms with Gasteiger partial charge in [-0.3, -0.25) is 0 Å². The smallest absolute Gasteiger partial charge is 0.317 e. The Balaban J connectivity index is 2.24. The highest BCUT2D eigenvalue weighted by atomic mass is 16.2. The van der Waals surface area contributed by atoms with E-state index in [1.54, 1.807) is 0 Å². The zero-order valence-corrected chi connectivity index (χ0v) is 10.1. The van der Waals surface area contributed by atoms with Crippen molar-refractivity contribution in [1.29, 1.82) is 0 Å². The largest absolute Gasteiger partial charge is 0.338 e. The first kappa shape index (κ1) is 12.3. The van der Waals surface area contributed by atoms with Gasteiger partial charge in [-0.1, -0.05) is 20.8 Å². The van der Waals surface area contributed by atoms with Crippen LogP contribution in [0.4, 0.5) is 4.79 Å². The van der Waals surface area contributed by atoms with Gasteiger partial charge < -0.3 is 15.1 Å². The fraction of sp³-hybridized carbons (Fsp3) is 0.909. The van der Waals surface area contributed by atoms with Gasteiger partial charge in [0.15, 0.2) is 0 Å². The lowest BCUT2D eigenvalue weighted by Gasteiger charge is -2.34. The van der Waals surface area contributed by atoms with Crippen LogP contribution in [-0.2, 0) is 0 Å². The minimum atomic E-state index is 0.0967. The third-order valence-electron chi connectivity index (χ3n) is 2.77. The standard InChI is InChI=1S/C11H23N3O/c1-4-13-5-7-14(8-6-13)11(15)12-9-10(2)3/h10H,4-9H2,1-3H3,(H,12,15). The van der Waals surface area contributed by atoms with Crippen LogP contribution in [0.15, 0.2) is 0 Å². The third kappa shape index (κ3) is 4.08. The van der Waals surface area contributed by atoms with Gasteiger partial charge in [0, 0.05) is 32.7 Å². The maximum Gasteiger partial charge on any atom is 0.317 e. The zero-order chi connectivity index (χ0) is 11.3. The van der Waals surface area contributed by atoms with E-state index in [0.717, 1.165) is 39.3 Å². The number of hydrogen-bond donors (Lipinski definition) is 1. The van der Waals surface area contributed by atoms with E-state index in [9.17, 15) is 4.79 Å². The fourth-order valence-corrected chi connectivity index (χ4v) is 1.67. The first-order chi connectivity index (χ1) is 7.13. The van der Waals surface area contributed by atoms with Crippen molar-refractivity contribution in [3.63, 3.8) is 0 Å². The van der Waals surface area contributed by atoms with Crippen molar-refractivity contribution in [2.45, 2.75) is 20.8 Å². The van der Waals surface area contributed by atoms with Crippen molar-refractivity contribution in [1.82, 2.24) is 15.1 Å². The van der Waals surface area contributed by atoms with Gasteiger partial charge in [0.25, 0.3) is 0 Å². The van der Waals surface area contributed by atoms with Crippen LogP contribution in [0.5, 0.6) is 0 Å². The number of carbonyl (C=O) groups is 1. The molecule has 4 heteroatoms. The van der Waals surface area contributed by atoms with Crippen LogP contribution in [0.25, 0.3) is 0 Å².